The Balaban J connectivity index is 1.28. The van der Waals surface area contributed by atoms with Gasteiger partial charge in [-0.1, -0.05) is 13.8 Å². The van der Waals surface area contributed by atoms with Crippen molar-refractivity contribution in [3.05, 3.63) is 17.0 Å². The highest BCUT2D eigenvalue weighted by molar-refractivity contribution is 6.28. The maximum atomic E-state index is 12.3. The van der Waals surface area contributed by atoms with E-state index in [1.165, 1.54) is 18.4 Å². The highest BCUT2D eigenvalue weighted by Crippen LogP contribution is 2.54. The molecule has 0 aromatic carbocycles. The van der Waals surface area contributed by atoms with Gasteiger partial charge in [0.05, 0.1) is 0 Å². The average molecular weight is 349 g/mol. The number of hydrogen-bond acceptors (Lipinski definition) is 4. The molecule has 3 saturated carbocycles. The highest BCUT2D eigenvalue weighted by atomic mass is 35.5. The summed E-state index contributed by atoms with van der Waals surface area (Å²) < 4.78 is 0. The minimum absolute atomic E-state index is 0.219. The zero-order valence-corrected chi connectivity index (χ0v) is 15.1. The van der Waals surface area contributed by atoms with Gasteiger partial charge in [-0.25, -0.2) is 9.97 Å². The second kappa shape index (κ2) is 5.87. The molecule has 2 N–H and O–H groups in total. The fraction of sp³-hybridized carbons (Fsp3) is 0.722. The van der Waals surface area contributed by atoms with Gasteiger partial charge in [-0.3, -0.25) is 4.79 Å². The fourth-order valence-electron chi connectivity index (χ4n) is 3.73. The number of nitrogens with zero attached hydrogens (tertiary/aromatic N) is 2. The van der Waals surface area contributed by atoms with Crippen LogP contribution in [0.15, 0.2) is 6.20 Å². The molecule has 0 saturated heterocycles. The van der Waals surface area contributed by atoms with Crippen LogP contribution in [0.1, 0.15) is 63.9 Å². The first kappa shape index (κ1) is 16.1. The molecular formula is C18H25ClN4O. The van der Waals surface area contributed by atoms with Crippen molar-refractivity contribution in [3.8, 4) is 0 Å². The van der Waals surface area contributed by atoms with Gasteiger partial charge in [0.15, 0.2) is 0 Å². The van der Waals surface area contributed by atoms with Gasteiger partial charge in [-0.15, -0.1) is 0 Å². The Hall–Kier alpha value is -1.36. The summed E-state index contributed by atoms with van der Waals surface area (Å²) in [7, 11) is 0. The number of nitrogens with one attached hydrogen (secondary N) is 2. The molecule has 3 fully saturated rings. The van der Waals surface area contributed by atoms with E-state index in [9.17, 15) is 4.79 Å². The van der Waals surface area contributed by atoms with E-state index in [0.717, 1.165) is 31.5 Å². The second-order valence-corrected chi connectivity index (χ2v) is 8.34. The highest BCUT2D eigenvalue weighted by Gasteiger charge is 2.53. The predicted molar refractivity (Wildman–Crippen MR) is 94.1 cm³/mol. The lowest BCUT2D eigenvalue weighted by atomic mass is 9.86. The third-order valence-electron chi connectivity index (χ3n) is 6.11. The summed E-state index contributed by atoms with van der Waals surface area (Å²) in [5.41, 5.74) is 1.42. The number of carbonyl (C=O) groups is 1. The molecule has 130 valence electrons. The smallest absolute Gasteiger partial charge is 0.224 e. The number of amides is 1. The molecule has 5 nitrogen and oxygen atoms in total. The first-order valence-electron chi connectivity index (χ1n) is 9.08. The van der Waals surface area contributed by atoms with Gasteiger partial charge in [0.1, 0.15) is 5.82 Å². The molecule has 2 unspecified atom stereocenters. The lowest BCUT2D eigenvalue weighted by Gasteiger charge is -2.37. The van der Waals surface area contributed by atoms with Gasteiger partial charge >= 0.3 is 0 Å². The fourth-order valence-corrected chi connectivity index (χ4v) is 3.87. The Morgan fingerprint density at radius 1 is 1.38 bits per heavy atom. The van der Waals surface area contributed by atoms with Crippen molar-refractivity contribution in [1.82, 2.24) is 15.3 Å². The topological polar surface area (TPSA) is 66.9 Å². The van der Waals surface area contributed by atoms with Crippen molar-refractivity contribution in [2.45, 2.75) is 70.4 Å². The molecule has 4 rings (SSSR count). The van der Waals surface area contributed by atoms with Crippen LogP contribution in [0.25, 0.3) is 0 Å². The lowest BCUT2D eigenvalue weighted by molar-refractivity contribution is -0.124. The average Bonchev–Trinajstić information content (AvgIpc) is 3.41. The van der Waals surface area contributed by atoms with Gasteiger partial charge in [-0.05, 0) is 61.5 Å². The zero-order chi connectivity index (χ0) is 16.9. The molecule has 6 heteroatoms. The summed E-state index contributed by atoms with van der Waals surface area (Å²) >= 11 is 5.95. The number of carbonyl (C=O) groups excluding carboxylic acids is 1. The van der Waals surface area contributed by atoms with Gasteiger partial charge in [0.2, 0.25) is 11.2 Å². The standard InChI is InChI=1S/C18H25ClN4O/c1-3-18(2)8-14(18)16(24)22-12-6-11(7-12)21-15-13(10-4-5-10)9-20-17(19)23-15/h9-12,14H,3-8H2,1-2H3,(H,22,24)(H,20,21,23). The number of halogens is 1. The van der Waals surface area contributed by atoms with Crippen LogP contribution in [0.5, 0.6) is 0 Å². The molecular weight excluding hydrogens is 324 g/mol. The van der Waals surface area contributed by atoms with Crippen molar-refractivity contribution < 1.29 is 4.79 Å². The van der Waals surface area contributed by atoms with Crippen LogP contribution >= 0.6 is 11.6 Å². The summed E-state index contributed by atoms with van der Waals surface area (Å²) in [6.07, 6.45) is 8.29. The molecule has 3 aliphatic rings. The Bertz CT molecular complexity index is 656. The quantitative estimate of drug-likeness (QED) is 0.772. The summed E-state index contributed by atoms with van der Waals surface area (Å²) in [4.78, 5) is 20.8. The van der Waals surface area contributed by atoms with E-state index in [0.29, 0.717) is 23.3 Å². The van der Waals surface area contributed by atoms with Crippen molar-refractivity contribution >= 4 is 23.3 Å². The Labute approximate surface area is 148 Å². The van der Waals surface area contributed by atoms with Gasteiger partial charge in [-0.2, -0.15) is 0 Å². The minimum atomic E-state index is 0.219. The molecule has 0 radical (unpaired) electrons. The molecule has 1 amide bonds. The monoisotopic (exact) mass is 348 g/mol. The van der Waals surface area contributed by atoms with E-state index in [2.05, 4.69) is 34.4 Å². The summed E-state index contributed by atoms with van der Waals surface area (Å²) in [5.74, 6) is 1.93. The van der Waals surface area contributed by atoms with Gasteiger partial charge in [0.25, 0.3) is 0 Å². The van der Waals surface area contributed by atoms with Crippen LogP contribution in [0.3, 0.4) is 0 Å². The maximum absolute atomic E-state index is 12.3. The Kier molecular flexibility index (Phi) is 3.94. The van der Waals surface area contributed by atoms with E-state index in [-0.39, 0.29) is 17.2 Å². The lowest BCUT2D eigenvalue weighted by Crippen LogP contribution is -2.50. The van der Waals surface area contributed by atoms with Crippen LogP contribution < -0.4 is 10.6 Å². The number of anilines is 1. The molecule has 2 atom stereocenters. The van der Waals surface area contributed by atoms with Crippen molar-refractivity contribution in [3.63, 3.8) is 0 Å². The zero-order valence-electron chi connectivity index (χ0n) is 14.3. The minimum Gasteiger partial charge on any atom is -0.367 e. The van der Waals surface area contributed by atoms with E-state index >= 15 is 0 Å². The normalized spacial score (nSPS) is 34.4. The van der Waals surface area contributed by atoms with Gasteiger partial charge < -0.3 is 10.6 Å². The van der Waals surface area contributed by atoms with Crippen molar-refractivity contribution in [2.75, 3.05) is 5.32 Å². The SMILES string of the molecule is CCC1(C)CC1C(=O)NC1CC(Nc2nc(Cl)ncc2C2CC2)C1. The first-order valence-corrected chi connectivity index (χ1v) is 9.45. The largest absolute Gasteiger partial charge is 0.367 e. The number of aromatic nitrogens is 2. The van der Waals surface area contributed by atoms with E-state index in [1.54, 1.807) is 0 Å². The maximum Gasteiger partial charge on any atom is 0.224 e. The van der Waals surface area contributed by atoms with Crippen molar-refractivity contribution in [2.24, 2.45) is 11.3 Å². The van der Waals surface area contributed by atoms with Crippen LogP contribution in [0, 0.1) is 11.3 Å². The van der Waals surface area contributed by atoms with Crippen LogP contribution in [0.2, 0.25) is 5.28 Å². The molecule has 0 bridgehead atoms. The number of rotatable bonds is 6. The van der Waals surface area contributed by atoms with Crippen LogP contribution in [-0.2, 0) is 4.79 Å². The molecule has 24 heavy (non-hydrogen) atoms. The summed E-state index contributed by atoms with van der Waals surface area (Å²) in [5, 5.41) is 7.00. The van der Waals surface area contributed by atoms with E-state index < -0.39 is 0 Å². The van der Waals surface area contributed by atoms with Crippen molar-refractivity contribution in [1.29, 1.82) is 0 Å². The molecule has 1 aromatic heterocycles. The number of hydrogen-bond donors (Lipinski definition) is 2. The van der Waals surface area contributed by atoms with Crippen LogP contribution in [0.4, 0.5) is 5.82 Å². The third kappa shape index (κ3) is 3.10. The predicted octanol–water partition coefficient (Wildman–Crippen LogP) is 3.50. The molecule has 0 spiro atoms. The summed E-state index contributed by atoms with van der Waals surface area (Å²) in [6.45, 7) is 4.38. The van der Waals surface area contributed by atoms with E-state index in [1.807, 2.05) is 6.20 Å². The van der Waals surface area contributed by atoms with Crippen LogP contribution in [-0.4, -0.2) is 28.0 Å². The Morgan fingerprint density at radius 3 is 2.75 bits per heavy atom. The van der Waals surface area contributed by atoms with Gasteiger partial charge in [0, 0.05) is 29.8 Å². The molecule has 3 aliphatic carbocycles. The van der Waals surface area contributed by atoms with E-state index in [4.69, 9.17) is 11.6 Å². The molecule has 1 heterocycles. The second-order valence-electron chi connectivity index (χ2n) is 8.00. The Morgan fingerprint density at radius 2 is 2.12 bits per heavy atom. The first-order chi connectivity index (χ1) is 11.5. The third-order valence-corrected chi connectivity index (χ3v) is 6.29. The molecule has 0 aliphatic heterocycles. The molecule has 1 aromatic rings. The summed E-state index contributed by atoms with van der Waals surface area (Å²) in [6, 6.07) is 0.647.